The number of carbonyl (C=O) groups is 2. The summed E-state index contributed by atoms with van der Waals surface area (Å²) in [5.74, 6) is -0.735. The Labute approximate surface area is 110 Å². The number of thiophene rings is 1. The molecule has 1 unspecified atom stereocenters. The molecule has 1 amide bonds. The zero-order chi connectivity index (χ0) is 13.9. The lowest BCUT2D eigenvalue weighted by atomic mass is 10.1. The topological polar surface area (TPSA) is 64.6 Å². The highest BCUT2D eigenvalue weighted by molar-refractivity contribution is 7.16. The van der Waals surface area contributed by atoms with Gasteiger partial charge in [0.25, 0.3) is 5.91 Å². The van der Waals surface area contributed by atoms with Gasteiger partial charge in [0.05, 0.1) is 12.7 Å². The van der Waals surface area contributed by atoms with Crippen LogP contribution in [0.2, 0.25) is 0 Å². The zero-order valence-electron chi connectivity index (χ0n) is 11.1. The molecule has 0 aliphatic heterocycles. The van der Waals surface area contributed by atoms with Crippen LogP contribution in [-0.4, -0.2) is 32.2 Å². The van der Waals surface area contributed by atoms with Crippen molar-refractivity contribution in [2.24, 2.45) is 0 Å². The van der Waals surface area contributed by atoms with Crippen molar-refractivity contribution in [2.75, 3.05) is 19.5 Å². The average molecular weight is 271 g/mol. The van der Waals surface area contributed by atoms with Gasteiger partial charge in [0.1, 0.15) is 11.1 Å². The predicted molar refractivity (Wildman–Crippen MR) is 70.2 cm³/mol. The SMILES string of the molecule is COC(=O)c1c(NC(=O)C(C)OC)sc(C)c1C. The minimum atomic E-state index is -0.571. The van der Waals surface area contributed by atoms with Crippen molar-refractivity contribution in [3.63, 3.8) is 0 Å². The number of aryl methyl sites for hydroxylation is 1. The van der Waals surface area contributed by atoms with Crippen molar-refractivity contribution in [3.8, 4) is 0 Å². The molecule has 0 bridgehead atoms. The molecule has 1 aromatic rings. The van der Waals surface area contributed by atoms with E-state index in [2.05, 4.69) is 5.32 Å². The summed E-state index contributed by atoms with van der Waals surface area (Å²) in [6.45, 7) is 5.36. The minimum Gasteiger partial charge on any atom is -0.465 e. The van der Waals surface area contributed by atoms with Gasteiger partial charge in [-0.25, -0.2) is 4.79 Å². The number of hydrogen-bond acceptors (Lipinski definition) is 5. The summed E-state index contributed by atoms with van der Waals surface area (Å²) in [7, 11) is 2.77. The van der Waals surface area contributed by atoms with Gasteiger partial charge in [-0.05, 0) is 26.3 Å². The van der Waals surface area contributed by atoms with E-state index < -0.39 is 12.1 Å². The van der Waals surface area contributed by atoms with Crippen molar-refractivity contribution in [3.05, 3.63) is 16.0 Å². The van der Waals surface area contributed by atoms with E-state index in [4.69, 9.17) is 9.47 Å². The molecule has 6 heteroatoms. The van der Waals surface area contributed by atoms with Crippen LogP contribution in [0.4, 0.5) is 5.00 Å². The van der Waals surface area contributed by atoms with Gasteiger partial charge in [-0.3, -0.25) is 4.79 Å². The van der Waals surface area contributed by atoms with E-state index in [1.165, 1.54) is 25.6 Å². The van der Waals surface area contributed by atoms with Crippen LogP contribution in [0.15, 0.2) is 0 Å². The molecule has 0 spiro atoms. The molecule has 0 aliphatic carbocycles. The molecule has 100 valence electrons. The van der Waals surface area contributed by atoms with E-state index in [0.29, 0.717) is 10.6 Å². The third-order valence-electron chi connectivity index (χ3n) is 2.73. The van der Waals surface area contributed by atoms with Crippen LogP contribution in [0.5, 0.6) is 0 Å². The molecule has 1 aromatic heterocycles. The molecule has 0 saturated heterocycles. The fraction of sp³-hybridized carbons (Fsp3) is 0.500. The highest BCUT2D eigenvalue weighted by Gasteiger charge is 2.23. The number of carbonyl (C=O) groups excluding carboxylic acids is 2. The summed E-state index contributed by atoms with van der Waals surface area (Å²) in [6, 6.07) is 0. The molecule has 5 nitrogen and oxygen atoms in total. The molecule has 0 saturated carbocycles. The van der Waals surface area contributed by atoms with Crippen molar-refractivity contribution < 1.29 is 19.1 Å². The van der Waals surface area contributed by atoms with Crippen LogP contribution in [0.3, 0.4) is 0 Å². The zero-order valence-corrected chi connectivity index (χ0v) is 11.9. The lowest BCUT2D eigenvalue weighted by Gasteiger charge is -2.10. The minimum absolute atomic E-state index is 0.288. The monoisotopic (exact) mass is 271 g/mol. The molecule has 0 fully saturated rings. The van der Waals surface area contributed by atoms with E-state index in [9.17, 15) is 9.59 Å². The van der Waals surface area contributed by atoms with E-state index in [-0.39, 0.29) is 5.91 Å². The van der Waals surface area contributed by atoms with Gasteiger partial charge < -0.3 is 14.8 Å². The predicted octanol–water partition coefficient (Wildman–Crippen LogP) is 2.12. The van der Waals surface area contributed by atoms with Crippen LogP contribution in [0.1, 0.15) is 27.7 Å². The largest absolute Gasteiger partial charge is 0.465 e. The van der Waals surface area contributed by atoms with Gasteiger partial charge in [0, 0.05) is 12.0 Å². The first-order chi connectivity index (χ1) is 8.42. The van der Waals surface area contributed by atoms with Crippen LogP contribution in [0, 0.1) is 13.8 Å². The number of nitrogens with one attached hydrogen (secondary N) is 1. The number of amides is 1. The van der Waals surface area contributed by atoms with Crippen LogP contribution in [0.25, 0.3) is 0 Å². The number of hydrogen-bond donors (Lipinski definition) is 1. The van der Waals surface area contributed by atoms with Gasteiger partial charge >= 0.3 is 5.97 Å². The molecular formula is C12H17NO4S. The van der Waals surface area contributed by atoms with Crippen molar-refractivity contribution >= 4 is 28.2 Å². The van der Waals surface area contributed by atoms with E-state index >= 15 is 0 Å². The lowest BCUT2D eigenvalue weighted by Crippen LogP contribution is -2.26. The summed E-state index contributed by atoms with van der Waals surface area (Å²) in [6.07, 6.45) is -0.571. The Bertz CT molecular complexity index is 467. The Kier molecular flexibility index (Phi) is 4.86. The highest BCUT2D eigenvalue weighted by atomic mass is 32.1. The van der Waals surface area contributed by atoms with Crippen LogP contribution < -0.4 is 5.32 Å². The van der Waals surface area contributed by atoms with Gasteiger partial charge in [0.2, 0.25) is 0 Å². The third kappa shape index (κ3) is 2.88. The molecule has 0 aromatic carbocycles. The van der Waals surface area contributed by atoms with Crippen molar-refractivity contribution in [2.45, 2.75) is 26.9 Å². The van der Waals surface area contributed by atoms with E-state index in [1.54, 1.807) is 6.92 Å². The first-order valence-electron chi connectivity index (χ1n) is 5.44. The Hall–Kier alpha value is -1.40. The maximum absolute atomic E-state index is 11.7. The fourth-order valence-corrected chi connectivity index (χ4v) is 2.43. The maximum atomic E-state index is 11.7. The first-order valence-corrected chi connectivity index (χ1v) is 6.26. The standard InChI is InChI=1S/C12H17NO4S/c1-6-8(3)18-11(9(6)12(15)17-5)13-10(14)7(2)16-4/h7H,1-5H3,(H,13,14). The Morgan fingerprint density at radius 3 is 2.39 bits per heavy atom. The Balaban J connectivity index is 3.06. The summed E-state index contributed by atoms with van der Waals surface area (Å²) in [5.41, 5.74) is 1.24. The molecule has 1 N–H and O–H groups in total. The number of rotatable bonds is 4. The third-order valence-corrected chi connectivity index (χ3v) is 3.86. The molecule has 0 radical (unpaired) electrons. The Morgan fingerprint density at radius 1 is 1.28 bits per heavy atom. The van der Waals surface area contributed by atoms with Crippen molar-refractivity contribution in [1.29, 1.82) is 0 Å². The molecule has 0 aliphatic rings. The molecule has 1 heterocycles. The summed E-state index contributed by atoms with van der Waals surface area (Å²) in [5, 5.41) is 3.20. The van der Waals surface area contributed by atoms with E-state index in [1.807, 2.05) is 13.8 Å². The second-order valence-electron chi connectivity index (χ2n) is 3.85. The smallest absolute Gasteiger partial charge is 0.341 e. The Morgan fingerprint density at radius 2 is 1.89 bits per heavy atom. The van der Waals surface area contributed by atoms with Crippen LogP contribution in [-0.2, 0) is 14.3 Å². The van der Waals surface area contributed by atoms with Crippen LogP contribution >= 0.6 is 11.3 Å². The fourth-order valence-electron chi connectivity index (χ4n) is 1.38. The van der Waals surface area contributed by atoms with Crippen molar-refractivity contribution in [1.82, 2.24) is 0 Å². The maximum Gasteiger partial charge on any atom is 0.341 e. The second kappa shape index (κ2) is 5.97. The van der Waals surface area contributed by atoms with Gasteiger partial charge in [-0.2, -0.15) is 0 Å². The number of methoxy groups -OCH3 is 2. The molecule has 1 rings (SSSR count). The van der Waals surface area contributed by atoms with E-state index in [0.717, 1.165) is 10.4 Å². The number of esters is 1. The van der Waals surface area contributed by atoms with Gasteiger partial charge in [-0.15, -0.1) is 11.3 Å². The summed E-state index contributed by atoms with van der Waals surface area (Å²) < 4.78 is 9.65. The highest BCUT2D eigenvalue weighted by Crippen LogP contribution is 2.33. The number of ether oxygens (including phenoxy) is 2. The average Bonchev–Trinajstić information content (AvgIpc) is 2.63. The summed E-state index contributed by atoms with van der Waals surface area (Å²) >= 11 is 1.35. The normalized spacial score (nSPS) is 12.1. The quantitative estimate of drug-likeness (QED) is 0.852. The molecule has 18 heavy (non-hydrogen) atoms. The molecular weight excluding hydrogens is 254 g/mol. The van der Waals surface area contributed by atoms with Gasteiger partial charge in [0.15, 0.2) is 0 Å². The lowest BCUT2D eigenvalue weighted by molar-refractivity contribution is -0.124. The first kappa shape index (κ1) is 14.7. The summed E-state index contributed by atoms with van der Waals surface area (Å²) in [4.78, 5) is 24.4. The second-order valence-corrected chi connectivity index (χ2v) is 5.07. The molecule has 1 atom stereocenters. The number of anilines is 1. The van der Waals surface area contributed by atoms with Gasteiger partial charge in [-0.1, -0.05) is 0 Å².